The highest BCUT2D eigenvalue weighted by molar-refractivity contribution is 5.79. The van der Waals surface area contributed by atoms with Crippen molar-refractivity contribution in [3.8, 4) is 17.0 Å². The molecule has 5 rings (SSSR count). The SMILES string of the molecule is COc1cccc(-c2cnc3n2C[C@@]2(CCN(C(=O)Cc4ccccc4C)C2)OC3)c1. The van der Waals surface area contributed by atoms with Crippen LogP contribution in [-0.2, 0) is 29.1 Å². The van der Waals surface area contributed by atoms with Gasteiger partial charge in [-0.1, -0.05) is 36.4 Å². The Hall–Kier alpha value is -3.12. The minimum atomic E-state index is -0.358. The van der Waals surface area contributed by atoms with Crippen molar-refractivity contribution in [2.45, 2.75) is 38.5 Å². The molecule has 0 bridgehead atoms. The number of amides is 1. The molecular formula is C25H27N3O3. The van der Waals surface area contributed by atoms with Crippen molar-refractivity contribution in [3.63, 3.8) is 0 Å². The molecule has 2 aromatic carbocycles. The van der Waals surface area contributed by atoms with E-state index in [0.717, 1.165) is 46.9 Å². The van der Waals surface area contributed by atoms with Crippen LogP contribution in [-0.4, -0.2) is 46.2 Å². The van der Waals surface area contributed by atoms with E-state index >= 15 is 0 Å². The Labute approximate surface area is 182 Å². The van der Waals surface area contributed by atoms with Gasteiger partial charge in [0.1, 0.15) is 23.8 Å². The van der Waals surface area contributed by atoms with Crippen LogP contribution >= 0.6 is 0 Å². The number of likely N-dealkylation sites (tertiary alicyclic amines) is 1. The molecule has 1 fully saturated rings. The first-order valence-corrected chi connectivity index (χ1v) is 10.7. The maximum absolute atomic E-state index is 13.0. The van der Waals surface area contributed by atoms with Crippen LogP contribution in [0.3, 0.4) is 0 Å². The molecule has 2 aliphatic rings. The summed E-state index contributed by atoms with van der Waals surface area (Å²) in [4.78, 5) is 19.5. The van der Waals surface area contributed by atoms with Crippen LogP contribution in [0.5, 0.6) is 5.75 Å². The largest absolute Gasteiger partial charge is 0.497 e. The van der Waals surface area contributed by atoms with Crippen molar-refractivity contribution in [3.05, 3.63) is 71.7 Å². The third kappa shape index (κ3) is 3.72. The average molecular weight is 418 g/mol. The molecule has 0 aliphatic carbocycles. The van der Waals surface area contributed by atoms with Gasteiger partial charge >= 0.3 is 0 Å². The van der Waals surface area contributed by atoms with Crippen LogP contribution in [0.4, 0.5) is 0 Å². The van der Waals surface area contributed by atoms with Gasteiger partial charge in [0, 0.05) is 12.1 Å². The Bertz CT molecular complexity index is 1120. The highest BCUT2D eigenvalue weighted by atomic mass is 16.5. The lowest BCUT2D eigenvalue weighted by Gasteiger charge is -2.35. The van der Waals surface area contributed by atoms with E-state index in [2.05, 4.69) is 28.6 Å². The fourth-order valence-electron chi connectivity index (χ4n) is 4.66. The summed E-state index contributed by atoms with van der Waals surface area (Å²) in [5.41, 5.74) is 4.02. The minimum Gasteiger partial charge on any atom is -0.497 e. The molecule has 0 N–H and O–H groups in total. The summed E-state index contributed by atoms with van der Waals surface area (Å²) in [6.07, 6.45) is 3.18. The zero-order valence-corrected chi connectivity index (χ0v) is 18.0. The van der Waals surface area contributed by atoms with Gasteiger partial charge in [-0.15, -0.1) is 0 Å². The second kappa shape index (κ2) is 7.85. The third-order valence-electron chi connectivity index (χ3n) is 6.53. The third-order valence-corrected chi connectivity index (χ3v) is 6.53. The quantitative estimate of drug-likeness (QED) is 0.651. The Morgan fingerprint density at radius 3 is 2.90 bits per heavy atom. The summed E-state index contributed by atoms with van der Waals surface area (Å²) < 4.78 is 13.9. The number of imidazole rings is 1. The monoisotopic (exact) mass is 417 g/mol. The molecule has 0 unspecified atom stereocenters. The Kier molecular flexibility index (Phi) is 5.02. The molecule has 1 aromatic heterocycles. The van der Waals surface area contributed by atoms with Crippen LogP contribution in [0.15, 0.2) is 54.7 Å². The highest BCUT2D eigenvalue weighted by Crippen LogP contribution is 2.36. The average Bonchev–Trinajstić information content (AvgIpc) is 3.40. The molecule has 31 heavy (non-hydrogen) atoms. The molecule has 1 atom stereocenters. The van der Waals surface area contributed by atoms with Crippen molar-refractivity contribution in [1.82, 2.24) is 14.5 Å². The van der Waals surface area contributed by atoms with Gasteiger partial charge in [0.25, 0.3) is 0 Å². The number of carbonyl (C=O) groups excluding carboxylic acids is 1. The summed E-state index contributed by atoms with van der Waals surface area (Å²) in [5.74, 6) is 1.91. The van der Waals surface area contributed by atoms with Gasteiger partial charge in [0.15, 0.2) is 0 Å². The van der Waals surface area contributed by atoms with E-state index < -0.39 is 0 Å². The Balaban J connectivity index is 1.34. The van der Waals surface area contributed by atoms with E-state index in [4.69, 9.17) is 9.47 Å². The molecule has 3 aromatic rings. The van der Waals surface area contributed by atoms with Crippen LogP contribution in [0.2, 0.25) is 0 Å². The molecule has 1 saturated heterocycles. The van der Waals surface area contributed by atoms with E-state index in [0.29, 0.717) is 26.1 Å². The van der Waals surface area contributed by atoms with Gasteiger partial charge in [-0.2, -0.15) is 0 Å². The number of benzene rings is 2. The first-order valence-electron chi connectivity index (χ1n) is 10.7. The number of hydrogen-bond donors (Lipinski definition) is 0. The molecule has 0 radical (unpaired) electrons. The van der Waals surface area contributed by atoms with Crippen LogP contribution in [0.1, 0.15) is 23.4 Å². The van der Waals surface area contributed by atoms with Crippen molar-refractivity contribution in [2.24, 2.45) is 0 Å². The van der Waals surface area contributed by atoms with Crippen molar-refractivity contribution in [2.75, 3.05) is 20.2 Å². The number of hydrogen-bond acceptors (Lipinski definition) is 4. The predicted octanol–water partition coefficient (Wildman–Crippen LogP) is 3.61. The van der Waals surface area contributed by atoms with Crippen LogP contribution in [0, 0.1) is 6.92 Å². The summed E-state index contributed by atoms with van der Waals surface area (Å²) in [5, 5.41) is 0. The van der Waals surface area contributed by atoms with Gasteiger partial charge < -0.3 is 18.9 Å². The topological polar surface area (TPSA) is 56.6 Å². The van der Waals surface area contributed by atoms with Gasteiger partial charge in [0.2, 0.25) is 5.91 Å². The number of fused-ring (bicyclic) bond motifs is 1. The van der Waals surface area contributed by atoms with Crippen LogP contribution < -0.4 is 4.74 Å². The molecule has 1 spiro atoms. The van der Waals surface area contributed by atoms with Crippen LogP contribution in [0.25, 0.3) is 11.3 Å². The molecule has 1 amide bonds. The number of carbonyl (C=O) groups is 1. The lowest BCUT2D eigenvalue weighted by Crippen LogP contribution is -2.45. The minimum absolute atomic E-state index is 0.166. The number of rotatable bonds is 4. The first kappa shape index (κ1) is 19.8. The fourth-order valence-corrected chi connectivity index (χ4v) is 4.66. The number of methoxy groups -OCH3 is 1. The Morgan fingerprint density at radius 1 is 1.19 bits per heavy atom. The zero-order chi connectivity index (χ0) is 21.4. The number of nitrogens with zero attached hydrogens (tertiary/aromatic N) is 3. The number of aryl methyl sites for hydroxylation is 1. The zero-order valence-electron chi connectivity index (χ0n) is 18.0. The Morgan fingerprint density at radius 2 is 2.06 bits per heavy atom. The van der Waals surface area contributed by atoms with E-state index in [1.807, 2.05) is 47.5 Å². The van der Waals surface area contributed by atoms with Gasteiger partial charge in [-0.05, 0) is 36.6 Å². The lowest BCUT2D eigenvalue weighted by atomic mass is 10.0. The second-order valence-electron chi connectivity index (χ2n) is 8.52. The number of aromatic nitrogens is 2. The number of ether oxygens (including phenoxy) is 2. The normalized spacial score (nSPS) is 20.1. The molecular weight excluding hydrogens is 390 g/mol. The summed E-state index contributed by atoms with van der Waals surface area (Å²) in [7, 11) is 1.68. The summed E-state index contributed by atoms with van der Waals surface area (Å²) in [6.45, 7) is 4.56. The van der Waals surface area contributed by atoms with Gasteiger partial charge in [0.05, 0.1) is 38.5 Å². The maximum atomic E-state index is 13.0. The second-order valence-corrected chi connectivity index (χ2v) is 8.52. The molecule has 6 nitrogen and oxygen atoms in total. The van der Waals surface area contributed by atoms with Crippen molar-refractivity contribution < 1.29 is 14.3 Å². The molecule has 3 heterocycles. The maximum Gasteiger partial charge on any atom is 0.227 e. The van der Waals surface area contributed by atoms with Crippen molar-refractivity contribution in [1.29, 1.82) is 0 Å². The van der Waals surface area contributed by atoms with E-state index in [-0.39, 0.29) is 11.5 Å². The summed E-state index contributed by atoms with van der Waals surface area (Å²) in [6, 6.07) is 16.1. The fraction of sp³-hybridized carbons (Fsp3) is 0.360. The van der Waals surface area contributed by atoms with E-state index in [1.165, 1.54) is 0 Å². The van der Waals surface area contributed by atoms with E-state index in [9.17, 15) is 4.79 Å². The van der Waals surface area contributed by atoms with Gasteiger partial charge in [-0.3, -0.25) is 4.79 Å². The van der Waals surface area contributed by atoms with Gasteiger partial charge in [-0.25, -0.2) is 4.98 Å². The molecule has 2 aliphatic heterocycles. The smallest absolute Gasteiger partial charge is 0.227 e. The molecule has 0 saturated carbocycles. The first-order chi connectivity index (χ1) is 15.1. The molecule has 160 valence electrons. The van der Waals surface area contributed by atoms with Crippen molar-refractivity contribution >= 4 is 5.91 Å². The highest BCUT2D eigenvalue weighted by Gasteiger charge is 2.44. The lowest BCUT2D eigenvalue weighted by molar-refractivity contribution is -0.132. The molecule has 6 heteroatoms. The predicted molar refractivity (Wildman–Crippen MR) is 118 cm³/mol. The summed E-state index contributed by atoms with van der Waals surface area (Å²) >= 11 is 0. The van der Waals surface area contributed by atoms with E-state index in [1.54, 1.807) is 7.11 Å². The standard InChI is InChI=1S/C25H27N3O3/c1-18-6-3-4-7-19(18)13-24(29)27-11-10-25(16-27)17-28-22(14-26-23(28)15-31-25)20-8-5-9-21(12-20)30-2/h3-9,12,14H,10-11,13,15-17H2,1-2H3/t25-/m0/s1.